The van der Waals surface area contributed by atoms with Gasteiger partial charge < -0.3 is 20.3 Å². The van der Waals surface area contributed by atoms with Crippen LogP contribution in [0.4, 0.5) is 0 Å². The fourth-order valence-corrected chi connectivity index (χ4v) is 2.39. The number of methoxy groups -OCH3 is 1. The van der Waals surface area contributed by atoms with Crippen molar-refractivity contribution in [2.45, 2.75) is 38.6 Å². The SMILES string of the molecule is CCCC(=O)N1CCCC1C(=O)NCCNCCOC. The molecule has 0 spiro atoms. The molecule has 1 heterocycles. The lowest BCUT2D eigenvalue weighted by molar-refractivity contribution is -0.138. The summed E-state index contributed by atoms with van der Waals surface area (Å²) in [4.78, 5) is 25.8. The van der Waals surface area contributed by atoms with E-state index in [1.54, 1.807) is 12.0 Å². The minimum atomic E-state index is -0.270. The zero-order valence-electron chi connectivity index (χ0n) is 12.6. The normalized spacial score (nSPS) is 18.3. The quantitative estimate of drug-likeness (QED) is 0.591. The lowest BCUT2D eigenvalue weighted by Gasteiger charge is -2.23. The Hall–Kier alpha value is -1.14. The summed E-state index contributed by atoms with van der Waals surface area (Å²) in [6.45, 7) is 5.42. The number of likely N-dealkylation sites (tertiary alicyclic amines) is 1. The molecule has 1 aliphatic rings. The molecule has 6 nitrogen and oxygen atoms in total. The van der Waals surface area contributed by atoms with Gasteiger partial charge in [0, 0.05) is 39.7 Å². The Morgan fingerprint density at radius 2 is 2.10 bits per heavy atom. The van der Waals surface area contributed by atoms with Crippen molar-refractivity contribution >= 4 is 11.8 Å². The summed E-state index contributed by atoms with van der Waals surface area (Å²) in [6.07, 6.45) is 3.05. The van der Waals surface area contributed by atoms with E-state index < -0.39 is 0 Å². The van der Waals surface area contributed by atoms with Gasteiger partial charge >= 0.3 is 0 Å². The molecule has 20 heavy (non-hydrogen) atoms. The second kappa shape index (κ2) is 9.72. The maximum absolute atomic E-state index is 12.1. The number of nitrogens with one attached hydrogen (secondary N) is 2. The number of hydrogen-bond donors (Lipinski definition) is 2. The Bertz CT molecular complexity index is 310. The number of rotatable bonds is 9. The zero-order chi connectivity index (χ0) is 14.8. The topological polar surface area (TPSA) is 70.7 Å². The second-order valence-electron chi connectivity index (χ2n) is 5.03. The van der Waals surface area contributed by atoms with Crippen LogP contribution < -0.4 is 10.6 Å². The van der Waals surface area contributed by atoms with Crippen LogP contribution in [-0.4, -0.2) is 62.7 Å². The standard InChI is InChI=1S/C14H27N3O3/c1-3-5-13(18)17-10-4-6-12(17)14(19)16-8-7-15-9-11-20-2/h12,15H,3-11H2,1-2H3,(H,16,19). The molecule has 116 valence electrons. The van der Waals surface area contributed by atoms with Gasteiger partial charge in [-0.15, -0.1) is 0 Å². The van der Waals surface area contributed by atoms with Gasteiger partial charge in [0.15, 0.2) is 0 Å². The van der Waals surface area contributed by atoms with E-state index in [1.807, 2.05) is 6.92 Å². The van der Waals surface area contributed by atoms with E-state index in [9.17, 15) is 9.59 Å². The van der Waals surface area contributed by atoms with Crippen LogP contribution in [0, 0.1) is 0 Å². The van der Waals surface area contributed by atoms with E-state index in [4.69, 9.17) is 4.74 Å². The van der Waals surface area contributed by atoms with Crippen molar-refractivity contribution in [2.24, 2.45) is 0 Å². The summed E-state index contributed by atoms with van der Waals surface area (Å²) in [7, 11) is 1.66. The summed E-state index contributed by atoms with van der Waals surface area (Å²) >= 11 is 0. The number of amides is 2. The Morgan fingerprint density at radius 3 is 2.80 bits per heavy atom. The lowest BCUT2D eigenvalue weighted by atomic mass is 10.2. The fourth-order valence-electron chi connectivity index (χ4n) is 2.39. The van der Waals surface area contributed by atoms with Crippen molar-refractivity contribution < 1.29 is 14.3 Å². The number of hydrogen-bond acceptors (Lipinski definition) is 4. The van der Waals surface area contributed by atoms with Gasteiger partial charge in [-0.3, -0.25) is 9.59 Å². The van der Waals surface area contributed by atoms with E-state index in [-0.39, 0.29) is 17.9 Å². The van der Waals surface area contributed by atoms with Gasteiger partial charge in [-0.2, -0.15) is 0 Å². The minimum absolute atomic E-state index is 0.0273. The molecule has 1 saturated heterocycles. The molecule has 1 rings (SSSR count). The molecule has 0 aromatic rings. The molecule has 0 aromatic heterocycles. The highest BCUT2D eigenvalue weighted by Crippen LogP contribution is 2.18. The third kappa shape index (κ3) is 5.46. The summed E-state index contributed by atoms with van der Waals surface area (Å²) in [5.74, 6) is 0.0730. The maximum atomic E-state index is 12.1. The van der Waals surface area contributed by atoms with Gasteiger partial charge in [0.1, 0.15) is 6.04 Å². The van der Waals surface area contributed by atoms with Crippen LogP contribution in [0.15, 0.2) is 0 Å². The van der Waals surface area contributed by atoms with Crippen molar-refractivity contribution in [1.29, 1.82) is 0 Å². The zero-order valence-corrected chi connectivity index (χ0v) is 12.6. The number of ether oxygens (including phenoxy) is 1. The van der Waals surface area contributed by atoms with Crippen LogP contribution in [0.25, 0.3) is 0 Å². The van der Waals surface area contributed by atoms with Gasteiger partial charge in [-0.25, -0.2) is 0 Å². The van der Waals surface area contributed by atoms with Gasteiger partial charge in [-0.1, -0.05) is 6.92 Å². The predicted molar refractivity (Wildman–Crippen MR) is 77.4 cm³/mol. The lowest BCUT2D eigenvalue weighted by Crippen LogP contribution is -2.47. The Labute approximate surface area is 121 Å². The van der Waals surface area contributed by atoms with Crippen LogP contribution in [0.1, 0.15) is 32.6 Å². The molecule has 0 aliphatic carbocycles. The summed E-state index contributed by atoms with van der Waals surface area (Å²) in [5, 5.41) is 6.06. The van der Waals surface area contributed by atoms with Crippen LogP contribution >= 0.6 is 0 Å². The molecular weight excluding hydrogens is 258 g/mol. The van der Waals surface area contributed by atoms with Crippen molar-refractivity contribution in [3.05, 3.63) is 0 Å². The predicted octanol–water partition coefficient (Wildman–Crippen LogP) is 0.130. The first-order valence-electron chi connectivity index (χ1n) is 7.47. The van der Waals surface area contributed by atoms with Crippen LogP contribution in [0.3, 0.4) is 0 Å². The van der Waals surface area contributed by atoms with Crippen molar-refractivity contribution in [2.75, 3.05) is 39.9 Å². The largest absolute Gasteiger partial charge is 0.383 e. The molecule has 2 amide bonds. The average molecular weight is 285 g/mol. The van der Waals surface area contributed by atoms with Crippen molar-refractivity contribution in [3.63, 3.8) is 0 Å². The summed E-state index contributed by atoms with van der Waals surface area (Å²) < 4.78 is 4.92. The van der Waals surface area contributed by atoms with E-state index >= 15 is 0 Å². The van der Waals surface area contributed by atoms with Gasteiger partial charge in [-0.05, 0) is 19.3 Å². The second-order valence-corrected chi connectivity index (χ2v) is 5.03. The van der Waals surface area contributed by atoms with E-state index in [2.05, 4.69) is 10.6 Å². The molecule has 1 atom stereocenters. The highest BCUT2D eigenvalue weighted by Gasteiger charge is 2.33. The molecule has 0 saturated carbocycles. The molecule has 0 radical (unpaired) electrons. The Balaban J connectivity index is 2.25. The van der Waals surface area contributed by atoms with Gasteiger partial charge in [0.25, 0.3) is 0 Å². The van der Waals surface area contributed by atoms with E-state index in [0.717, 1.165) is 25.8 Å². The highest BCUT2D eigenvalue weighted by molar-refractivity contribution is 5.88. The molecule has 0 aromatic carbocycles. The number of carbonyl (C=O) groups excluding carboxylic acids is 2. The van der Waals surface area contributed by atoms with Crippen molar-refractivity contribution in [1.82, 2.24) is 15.5 Å². The van der Waals surface area contributed by atoms with Gasteiger partial charge in [0.05, 0.1) is 6.61 Å². The first kappa shape index (κ1) is 16.9. The van der Waals surface area contributed by atoms with Crippen molar-refractivity contribution in [3.8, 4) is 0 Å². The Morgan fingerprint density at radius 1 is 1.30 bits per heavy atom. The average Bonchev–Trinajstić information content (AvgIpc) is 2.92. The monoisotopic (exact) mass is 285 g/mol. The van der Waals surface area contributed by atoms with Crippen LogP contribution in [0.5, 0.6) is 0 Å². The molecule has 0 bridgehead atoms. The van der Waals surface area contributed by atoms with E-state index in [0.29, 0.717) is 32.7 Å². The molecule has 6 heteroatoms. The summed E-state index contributed by atoms with van der Waals surface area (Å²) in [6, 6.07) is -0.270. The first-order chi connectivity index (χ1) is 9.70. The van der Waals surface area contributed by atoms with Gasteiger partial charge in [0.2, 0.25) is 11.8 Å². The molecule has 2 N–H and O–H groups in total. The number of carbonyl (C=O) groups is 2. The third-order valence-corrected chi connectivity index (χ3v) is 3.42. The van der Waals surface area contributed by atoms with Crippen LogP contribution in [-0.2, 0) is 14.3 Å². The molecular formula is C14H27N3O3. The smallest absolute Gasteiger partial charge is 0.242 e. The molecule has 1 aliphatic heterocycles. The minimum Gasteiger partial charge on any atom is -0.383 e. The Kier molecular flexibility index (Phi) is 8.22. The van der Waals surface area contributed by atoms with E-state index in [1.165, 1.54) is 0 Å². The number of nitrogens with zero attached hydrogens (tertiary/aromatic N) is 1. The summed E-state index contributed by atoms with van der Waals surface area (Å²) in [5.41, 5.74) is 0. The molecule has 1 unspecified atom stereocenters. The van der Waals surface area contributed by atoms with Crippen LogP contribution in [0.2, 0.25) is 0 Å². The maximum Gasteiger partial charge on any atom is 0.242 e. The third-order valence-electron chi connectivity index (χ3n) is 3.42. The highest BCUT2D eigenvalue weighted by atomic mass is 16.5. The first-order valence-corrected chi connectivity index (χ1v) is 7.47. The fraction of sp³-hybridized carbons (Fsp3) is 0.857. The molecule has 1 fully saturated rings.